The van der Waals surface area contributed by atoms with Crippen LogP contribution in [0.1, 0.15) is 36.4 Å². The summed E-state index contributed by atoms with van der Waals surface area (Å²) >= 11 is 1.79. The van der Waals surface area contributed by atoms with Crippen molar-refractivity contribution in [3.05, 3.63) is 16.1 Å². The summed E-state index contributed by atoms with van der Waals surface area (Å²) in [4.78, 5) is 7.20. The quantitative estimate of drug-likeness (QED) is 0.852. The number of hydrogen-bond donors (Lipinski definition) is 1. The van der Waals surface area contributed by atoms with Crippen LogP contribution in [0, 0.1) is 0 Å². The van der Waals surface area contributed by atoms with Gasteiger partial charge < -0.3 is 10.6 Å². The van der Waals surface area contributed by atoms with Crippen LogP contribution in [-0.4, -0.2) is 36.1 Å². The molecule has 0 radical (unpaired) electrons. The highest BCUT2D eigenvalue weighted by atomic mass is 32.1. The molecule has 4 heteroatoms. The maximum absolute atomic E-state index is 5.53. The minimum absolute atomic E-state index is 0.564. The van der Waals surface area contributed by atoms with Crippen molar-refractivity contribution in [1.82, 2.24) is 9.88 Å². The first-order valence-electron chi connectivity index (χ1n) is 6.16. The smallest absolute Gasteiger partial charge is 0.0969 e. The monoisotopic (exact) mass is 239 g/mol. The van der Waals surface area contributed by atoms with Gasteiger partial charge in [-0.05, 0) is 32.5 Å². The molecule has 2 rings (SSSR count). The molecule has 1 fully saturated rings. The molecule has 0 amide bonds. The van der Waals surface area contributed by atoms with E-state index in [1.807, 2.05) is 0 Å². The number of rotatable bonds is 5. The van der Waals surface area contributed by atoms with Crippen molar-refractivity contribution in [2.45, 2.75) is 32.1 Å². The first-order chi connectivity index (χ1) is 7.79. The van der Waals surface area contributed by atoms with Gasteiger partial charge in [0.05, 0.1) is 10.7 Å². The molecule has 1 atom stereocenters. The normalized spacial score (nSPS) is 19.1. The summed E-state index contributed by atoms with van der Waals surface area (Å²) in [6, 6.07) is 0. The highest BCUT2D eigenvalue weighted by Crippen LogP contribution is 2.22. The lowest BCUT2D eigenvalue weighted by Crippen LogP contribution is -2.24. The minimum Gasteiger partial charge on any atom is -0.330 e. The molecule has 0 aromatic carbocycles. The summed E-state index contributed by atoms with van der Waals surface area (Å²) in [7, 11) is 0. The van der Waals surface area contributed by atoms with Crippen LogP contribution in [0.15, 0.2) is 5.38 Å². The lowest BCUT2D eigenvalue weighted by molar-refractivity contribution is 0.320. The SMILES string of the molecule is CC(CN1CCCC1)c1nc(CCN)cs1. The third kappa shape index (κ3) is 3.03. The number of nitrogens with zero attached hydrogens (tertiary/aromatic N) is 2. The number of likely N-dealkylation sites (tertiary alicyclic amines) is 1. The molecule has 1 aliphatic rings. The van der Waals surface area contributed by atoms with Gasteiger partial charge in [-0.2, -0.15) is 0 Å². The van der Waals surface area contributed by atoms with Gasteiger partial charge in [0.15, 0.2) is 0 Å². The first-order valence-corrected chi connectivity index (χ1v) is 7.04. The van der Waals surface area contributed by atoms with Crippen LogP contribution >= 0.6 is 11.3 Å². The Bertz CT molecular complexity index is 318. The van der Waals surface area contributed by atoms with Gasteiger partial charge in [0.2, 0.25) is 0 Å². The lowest BCUT2D eigenvalue weighted by Gasteiger charge is -2.18. The highest BCUT2D eigenvalue weighted by molar-refractivity contribution is 7.09. The van der Waals surface area contributed by atoms with Gasteiger partial charge in [-0.15, -0.1) is 11.3 Å². The fraction of sp³-hybridized carbons (Fsp3) is 0.750. The summed E-state index contributed by atoms with van der Waals surface area (Å²) < 4.78 is 0. The number of nitrogens with two attached hydrogens (primary N) is 1. The molecule has 90 valence electrons. The van der Waals surface area contributed by atoms with Crippen molar-refractivity contribution < 1.29 is 0 Å². The Morgan fingerprint density at radius 2 is 2.25 bits per heavy atom. The molecule has 1 saturated heterocycles. The van der Waals surface area contributed by atoms with Gasteiger partial charge in [0.1, 0.15) is 0 Å². The van der Waals surface area contributed by atoms with E-state index in [1.54, 1.807) is 11.3 Å². The summed E-state index contributed by atoms with van der Waals surface area (Å²) in [5.41, 5.74) is 6.70. The Balaban J connectivity index is 1.89. The fourth-order valence-corrected chi connectivity index (χ4v) is 3.15. The molecule has 2 heterocycles. The molecule has 3 nitrogen and oxygen atoms in total. The van der Waals surface area contributed by atoms with E-state index in [2.05, 4.69) is 22.2 Å². The number of aromatic nitrogens is 1. The van der Waals surface area contributed by atoms with Crippen LogP contribution < -0.4 is 5.73 Å². The summed E-state index contributed by atoms with van der Waals surface area (Å²) in [5, 5.41) is 3.43. The zero-order valence-electron chi connectivity index (χ0n) is 9.98. The van der Waals surface area contributed by atoms with Crippen LogP contribution in [0.4, 0.5) is 0 Å². The van der Waals surface area contributed by atoms with Crippen LogP contribution in [0.2, 0.25) is 0 Å². The van der Waals surface area contributed by atoms with Crippen LogP contribution in [0.25, 0.3) is 0 Å². The predicted octanol–water partition coefficient (Wildman–Crippen LogP) is 1.84. The lowest BCUT2D eigenvalue weighted by atomic mass is 10.2. The zero-order chi connectivity index (χ0) is 11.4. The second-order valence-electron chi connectivity index (χ2n) is 4.62. The molecule has 1 aliphatic heterocycles. The molecule has 0 saturated carbocycles. The van der Waals surface area contributed by atoms with E-state index in [4.69, 9.17) is 5.73 Å². The Labute approximate surface area is 102 Å². The van der Waals surface area contributed by atoms with E-state index in [1.165, 1.54) is 30.9 Å². The number of thiazole rings is 1. The van der Waals surface area contributed by atoms with Crippen LogP contribution in [-0.2, 0) is 6.42 Å². The Kier molecular flexibility index (Phi) is 4.32. The standard InChI is InChI=1S/C12H21N3S/c1-10(8-15-6-2-3-7-15)12-14-11(4-5-13)9-16-12/h9-10H,2-8,13H2,1H3. The van der Waals surface area contributed by atoms with Crippen molar-refractivity contribution in [2.24, 2.45) is 5.73 Å². The Morgan fingerprint density at radius 3 is 2.94 bits per heavy atom. The van der Waals surface area contributed by atoms with Gasteiger partial charge in [0.25, 0.3) is 0 Å². The molecular weight excluding hydrogens is 218 g/mol. The van der Waals surface area contributed by atoms with Crippen molar-refractivity contribution in [3.63, 3.8) is 0 Å². The van der Waals surface area contributed by atoms with Crippen molar-refractivity contribution in [1.29, 1.82) is 0 Å². The molecule has 1 aromatic heterocycles. The van der Waals surface area contributed by atoms with Crippen molar-refractivity contribution >= 4 is 11.3 Å². The topological polar surface area (TPSA) is 42.2 Å². The minimum atomic E-state index is 0.564. The molecule has 1 unspecified atom stereocenters. The molecule has 0 bridgehead atoms. The molecule has 1 aromatic rings. The molecule has 16 heavy (non-hydrogen) atoms. The molecule has 2 N–H and O–H groups in total. The van der Waals surface area contributed by atoms with Gasteiger partial charge >= 0.3 is 0 Å². The van der Waals surface area contributed by atoms with E-state index in [9.17, 15) is 0 Å². The second kappa shape index (κ2) is 5.75. The van der Waals surface area contributed by atoms with Gasteiger partial charge in [-0.3, -0.25) is 0 Å². The highest BCUT2D eigenvalue weighted by Gasteiger charge is 2.17. The number of hydrogen-bond acceptors (Lipinski definition) is 4. The zero-order valence-corrected chi connectivity index (χ0v) is 10.8. The average Bonchev–Trinajstić information content (AvgIpc) is 2.89. The Morgan fingerprint density at radius 1 is 1.50 bits per heavy atom. The van der Waals surface area contributed by atoms with E-state index >= 15 is 0 Å². The third-order valence-corrected chi connectivity index (χ3v) is 4.25. The van der Waals surface area contributed by atoms with E-state index < -0.39 is 0 Å². The summed E-state index contributed by atoms with van der Waals surface area (Å²) in [5.74, 6) is 0.564. The van der Waals surface area contributed by atoms with E-state index in [-0.39, 0.29) is 0 Å². The van der Waals surface area contributed by atoms with Crippen LogP contribution in [0.5, 0.6) is 0 Å². The average molecular weight is 239 g/mol. The van der Waals surface area contributed by atoms with E-state index in [0.29, 0.717) is 12.5 Å². The summed E-state index contributed by atoms with van der Waals surface area (Å²) in [6.45, 7) is 6.68. The van der Waals surface area contributed by atoms with Crippen molar-refractivity contribution in [3.8, 4) is 0 Å². The molecule has 0 spiro atoms. The summed E-state index contributed by atoms with van der Waals surface area (Å²) in [6.07, 6.45) is 3.64. The maximum atomic E-state index is 5.53. The maximum Gasteiger partial charge on any atom is 0.0969 e. The largest absolute Gasteiger partial charge is 0.330 e. The second-order valence-corrected chi connectivity index (χ2v) is 5.51. The Hall–Kier alpha value is -0.450. The van der Waals surface area contributed by atoms with Gasteiger partial charge in [-0.1, -0.05) is 6.92 Å². The molecular formula is C12H21N3S. The fourth-order valence-electron chi connectivity index (χ4n) is 2.24. The van der Waals surface area contributed by atoms with E-state index in [0.717, 1.165) is 18.7 Å². The van der Waals surface area contributed by atoms with Crippen molar-refractivity contribution in [2.75, 3.05) is 26.2 Å². The third-order valence-electron chi connectivity index (χ3n) is 3.12. The van der Waals surface area contributed by atoms with Crippen LogP contribution in [0.3, 0.4) is 0 Å². The predicted molar refractivity (Wildman–Crippen MR) is 69.0 cm³/mol. The molecule has 0 aliphatic carbocycles. The van der Waals surface area contributed by atoms with Gasteiger partial charge in [-0.25, -0.2) is 4.98 Å². The van der Waals surface area contributed by atoms with Gasteiger partial charge in [0, 0.05) is 24.3 Å². The first kappa shape index (κ1) is 12.0.